The van der Waals surface area contributed by atoms with Crippen LogP contribution in [0.4, 0.5) is 0 Å². The monoisotopic (exact) mass is 254 g/mol. The molecule has 1 heterocycles. The Morgan fingerprint density at radius 2 is 1.94 bits per heavy atom. The minimum absolute atomic E-state index is 0.572. The van der Waals surface area contributed by atoms with Crippen molar-refractivity contribution < 1.29 is 9.90 Å². The van der Waals surface area contributed by atoms with Crippen molar-refractivity contribution in [2.75, 3.05) is 19.6 Å². The summed E-state index contributed by atoms with van der Waals surface area (Å²) in [4.78, 5) is 13.4. The Bertz CT molecular complexity index is 292. The lowest BCUT2D eigenvalue weighted by Gasteiger charge is -2.20. The van der Waals surface area contributed by atoms with Crippen LogP contribution < -0.4 is 5.73 Å². The molecule has 0 aromatic carbocycles. The Balaban J connectivity index is 1.61. The second-order valence-electron chi connectivity index (χ2n) is 6.39. The molecular weight excluding hydrogens is 228 g/mol. The summed E-state index contributed by atoms with van der Waals surface area (Å²) in [6, 6.07) is 0. The third kappa shape index (κ3) is 3.23. The summed E-state index contributed by atoms with van der Waals surface area (Å²) in [5.74, 6) is 1.01. The SMILES string of the molecule is CC(N)(CCCCN1CC2CCCC2C1)C(=O)O. The number of carbonyl (C=O) groups is 1. The third-order valence-corrected chi connectivity index (χ3v) is 4.71. The highest BCUT2D eigenvalue weighted by Gasteiger charge is 2.35. The van der Waals surface area contributed by atoms with Crippen molar-refractivity contribution in [2.24, 2.45) is 17.6 Å². The molecule has 3 unspecified atom stereocenters. The summed E-state index contributed by atoms with van der Waals surface area (Å²) in [6.45, 7) is 5.26. The van der Waals surface area contributed by atoms with Crippen molar-refractivity contribution in [3.05, 3.63) is 0 Å². The number of carboxylic acid groups (broad SMARTS) is 1. The van der Waals surface area contributed by atoms with E-state index in [1.807, 2.05) is 0 Å². The number of nitrogens with zero attached hydrogens (tertiary/aromatic N) is 1. The molecule has 4 heteroatoms. The molecule has 0 spiro atoms. The van der Waals surface area contributed by atoms with Crippen molar-refractivity contribution in [3.8, 4) is 0 Å². The van der Waals surface area contributed by atoms with Crippen molar-refractivity contribution in [3.63, 3.8) is 0 Å². The van der Waals surface area contributed by atoms with Crippen LogP contribution in [0.3, 0.4) is 0 Å². The summed E-state index contributed by atoms with van der Waals surface area (Å²) in [6.07, 6.45) is 6.81. The normalized spacial score (nSPS) is 31.2. The zero-order valence-corrected chi connectivity index (χ0v) is 11.4. The molecule has 0 radical (unpaired) electrons. The van der Waals surface area contributed by atoms with Gasteiger partial charge in [0.25, 0.3) is 0 Å². The Kier molecular flexibility index (Phi) is 4.28. The molecule has 104 valence electrons. The number of likely N-dealkylation sites (tertiary alicyclic amines) is 1. The molecule has 0 aromatic rings. The van der Waals surface area contributed by atoms with Crippen LogP contribution in [0.1, 0.15) is 45.4 Å². The molecule has 1 saturated carbocycles. The van der Waals surface area contributed by atoms with E-state index in [9.17, 15) is 4.79 Å². The summed E-state index contributed by atoms with van der Waals surface area (Å²) in [5.41, 5.74) is 4.66. The van der Waals surface area contributed by atoms with Gasteiger partial charge in [-0.3, -0.25) is 4.79 Å². The fraction of sp³-hybridized carbons (Fsp3) is 0.929. The molecule has 2 aliphatic rings. The number of nitrogens with two attached hydrogens (primary N) is 1. The van der Waals surface area contributed by atoms with Crippen LogP contribution in [0.15, 0.2) is 0 Å². The van der Waals surface area contributed by atoms with Crippen molar-refractivity contribution >= 4 is 5.97 Å². The van der Waals surface area contributed by atoms with Gasteiger partial charge in [-0.15, -0.1) is 0 Å². The smallest absolute Gasteiger partial charge is 0.323 e. The highest BCUT2D eigenvalue weighted by molar-refractivity contribution is 5.77. The molecule has 1 saturated heterocycles. The van der Waals surface area contributed by atoms with Gasteiger partial charge in [-0.25, -0.2) is 0 Å². The van der Waals surface area contributed by atoms with Crippen molar-refractivity contribution in [1.82, 2.24) is 4.90 Å². The fourth-order valence-electron chi connectivity index (χ4n) is 3.45. The quantitative estimate of drug-likeness (QED) is 0.708. The van der Waals surface area contributed by atoms with Crippen LogP contribution in [0.25, 0.3) is 0 Å². The maximum absolute atomic E-state index is 10.9. The first kappa shape index (κ1) is 13.8. The number of hydrogen-bond acceptors (Lipinski definition) is 3. The van der Waals surface area contributed by atoms with Crippen LogP contribution in [0, 0.1) is 11.8 Å². The number of fused-ring (bicyclic) bond motifs is 1. The molecule has 0 bridgehead atoms. The van der Waals surface area contributed by atoms with Gasteiger partial charge in [0.15, 0.2) is 0 Å². The largest absolute Gasteiger partial charge is 0.480 e. The number of rotatable bonds is 6. The number of aliphatic carboxylic acids is 1. The van der Waals surface area contributed by atoms with E-state index in [2.05, 4.69) is 4.90 Å². The Morgan fingerprint density at radius 3 is 2.50 bits per heavy atom. The number of carboxylic acids is 1. The maximum atomic E-state index is 10.9. The van der Waals surface area contributed by atoms with Gasteiger partial charge in [-0.1, -0.05) is 6.42 Å². The van der Waals surface area contributed by atoms with Crippen molar-refractivity contribution in [1.29, 1.82) is 0 Å². The molecule has 1 aliphatic heterocycles. The number of hydrogen-bond donors (Lipinski definition) is 2. The van der Waals surface area contributed by atoms with E-state index < -0.39 is 11.5 Å². The minimum atomic E-state index is -1.05. The lowest BCUT2D eigenvalue weighted by molar-refractivity contribution is -0.142. The van der Waals surface area contributed by atoms with Crippen LogP contribution >= 0.6 is 0 Å². The predicted molar refractivity (Wildman–Crippen MR) is 71.4 cm³/mol. The van der Waals surface area contributed by atoms with Crippen LogP contribution in [-0.2, 0) is 4.79 Å². The number of unbranched alkanes of at least 4 members (excludes halogenated alkanes) is 1. The fourth-order valence-corrected chi connectivity index (χ4v) is 3.45. The first-order valence-corrected chi connectivity index (χ1v) is 7.23. The average molecular weight is 254 g/mol. The minimum Gasteiger partial charge on any atom is -0.480 e. The Morgan fingerprint density at radius 1 is 1.33 bits per heavy atom. The molecule has 1 aliphatic carbocycles. The summed E-state index contributed by atoms with van der Waals surface area (Å²) < 4.78 is 0. The zero-order valence-electron chi connectivity index (χ0n) is 11.4. The second-order valence-corrected chi connectivity index (χ2v) is 6.39. The third-order valence-electron chi connectivity index (χ3n) is 4.71. The van der Waals surface area contributed by atoms with Gasteiger partial charge in [-0.05, 0) is 57.4 Å². The summed E-state index contributed by atoms with van der Waals surface area (Å²) in [7, 11) is 0. The van der Waals surface area contributed by atoms with Crippen LogP contribution in [0.5, 0.6) is 0 Å². The van der Waals surface area contributed by atoms with E-state index in [1.165, 1.54) is 32.4 Å². The van der Waals surface area contributed by atoms with Gasteiger partial charge >= 0.3 is 5.97 Å². The predicted octanol–water partition coefficient (Wildman–Crippen LogP) is 1.69. The highest BCUT2D eigenvalue weighted by Crippen LogP contribution is 2.37. The Hall–Kier alpha value is -0.610. The van der Waals surface area contributed by atoms with E-state index in [4.69, 9.17) is 10.8 Å². The van der Waals surface area contributed by atoms with E-state index in [0.717, 1.165) is 31.2 Å². The molecule has 3 atom stereocenters. The van der Waals surface area contributed by atoms with Gasteiger partial charge < -0.3 is 15.7 Å². The second kappa shape index (κ2) is 5.57. The maximum Gasteiger partial charge on any atom is 0.323 e. The topological polar surface area (TPSA) is 66.6 Å². The molecule has 2 fully saturated rings. The Labute approximate surface area is 110 Å². The van der Waals surface area contributed by atoms with E-state index >= 15 is 0 Å². The molecule has 0 aromatic heterocycles. The van der Waals surface area contributed by atoms with Gasteiger partial charge in [0.05, 0.1) is 0 Å². The average Bonchev–Trinajstić information content (AvgIpc) is 2.84. The first-order valence-electron chi connectivity index (χ1n) is 7.23. The van der Waals surface area contributed by atoms with Crippen LogP contribution in [0.2, 0.25) is 0 Å². The van der Waals surface area contributed by atoms with E-state index in [1.54, 1.807) is 6.92 Å². The molecule has 2 rings (SSSR count). The lowest BCUT2D eigenvalue weighted by atomic mass is 9.96. The van der Waals surface area contributed by atoms with Gasteiger partial charge in [-0.2, -0.15) is 0 Å². The van der Waals surface area contributed by atoms with E-state index in [0.29, 0.717) is 6.42 Å². The molecule has 3 N–H and O–H groups in total. The zero-order chi connectivity index (χ0) is 13.2. The molecule has 0 amide bonds. The van der Waals surface area contributed by atoms with Crippen molar-refractivity contribution in [2.45, 2.75) is 51.0 Å². The van der Waals surface area contributed by atoms with Crippen LogP contribution in [-0.4, -0.2) is 41.1 Å². The summed E-state index contributed by atoms with van der Waals surface area (Å²) >= 11 is 0. The summed E-state index contributed by atoms with van der Waals surface area (Å²) in [5, 5.41) is 8.93. The van der Waals surface area contributed by atoms with Gasteiger partial charge in [0.2, 0.25) is 0 Å². The van der Waals surface area contributed by atoms with E-state index in [-0.39, 0.29) is 0 Å². The standard InChI is InChI=1S/C14H26N2O2/c1-14(15,13(17)18)7-2-3-8-16-9-11-5-4-6-12(11)10-16/h11-12H,2-10,15H2,1H3,(H,17,18). The highest BCUT2D eigenvalue weighted by atomic mass is 16.4. The van der Waals surface area contributed by atoms with Gasteiger partial charge in [0, 0.05) is 13.1 Å². The molecule has 18 heavy (non-hydrogen) atoms. The molecular formula is C14H26N2O2. The first-order chi connectivity index (χ1) is 8.49. The lowest BCUT2D eigenvalue weighted by Crippen LogP contribution is -2.44. The van der Waals surface area contributed by atoms with Gasteiger partial charge in [0.1, 0.15) is 5.54 Å². The molecule has 4 nitrogen and oxygen atoms in total.